The first kappa shape index (κ1) is 21.2. The molecule has 3 aromatic rings. The highest BCUT2D eigenvalue weighted by Crippen LogP contribution is 2.23. The number of carbonyl (C=O) groups excluding carboxylic acids is 2. The Balaban J connectivity index is 1.66. The van der Waals surface area contributed by atoms with E-state index in [9.17, 15) is 9.59 Å². The summed E-state index contributed by atoms with van der Waals surface area (Å²) < 4.78 is 10.7. The van der Waals surface area contributed by atoms with Crippen molar-refractivity contribution in [3.8, 4) is 0 Å². The zero-order chi connectivity index (χ0) is 21.7. The lowest BCUT2D eigenvalue weighted by Crippen LogP contribution is -2.30. The Morgan fingerprint density at radius 2 is 1.73 bits per heavy atom. The summed E-state index contributed by atoms with van der Waals surface area (Å²) in [4.78, 5) is 25.3. The smallest absolute Gasteiger partial charge is 0.341 e. The van der Waals surface area contributed by atoms with E-state index >= 15 is 0 Å². The number of hydrogen-bond donors (Lipinski definition) is 2. The number of esters is 1. The molecule has 3 rings (SSSR count). The largest absolute Gasteiger partial charge is 0.467 e. The van der Waals surface area contributed by atoms with Gasteiger partial charge in [0.25, 0.3) is 5.91 Å². The Labute approximate surface area is 176 Å². The van der Waals surface area contributed by atoms with Crippen LogP contribution in [-0.4, -0.2) is 18.0 Å². The van der Waals surface area contributed by atoms with Crippen LogP contribution < -0.4 is 10.6 Å². The van der Waals surface area contributed by atoms with Gasteiger partial charge in [-0.25, -0.2) is 4.79 Å². The van der Waals surface area contributed by atoms with Crippen molar-refractivity contribution in [3.05, 3.63) is 82.8 Å². The normalized spacial score (nSPS) is 11.6. The molecule has 1 atom stereocenters. The number of rotatable bonds is 7. The fourth-order valence-corrected chi connectivity index (χ4v) is 3.29. The van der Waals surface area contributed by atoms with E-state index in [1.54, 1.807) is 37.5 Å². The van der Waals surface area contributed by atoms with Crippen LogP contribution in [0.2, 0.25) is 0 Å². The van der Waals surface area contributed by atoms with Gasteiger partial charge in [-0.2, -0.15) is 0 Å². The van der Waals surface area contributed by atoms with Crippen molar-refractivity contribution >= 4 is 23.3 Å². The molecule has 0 bridgehead atoms. The lowest BCUT2D eigenvalue weighted by atomic mass is 10.0. The van der Waals surface area contributed by atoms with Crippen LogP contribution >= 0.6 is 0 Å². The maximum absolute atomic E-state index is 12.7. The Morgan fingerprint density at radius 3 is 2.40 bits per heavy atom. The van der Waals surface area contributed by atoms with E-state index in [0.29, 0.717) is 17.8 Å². The molecule has 0 aliphatic carbocycles. The maximum Gasteiger partial charge on any atom is 0.341 e. The van der Waals surface area contributed by atoms with E-state index in [2.05, 4.69) is 10.6 Å². The highest BCUT2D eigenvalue weighted by Gasteiger charge is 2.22. The van der Waals surface area contributed by atoms with Gasteiger partial charge in [0.15, 0.2) is 6.10 Å². The van der Waals surface area contributed by atoms with E-state index in [1.807, 2.05) is 45.0 Å². The van der Waals surface area contributed by atoms with Crippen molar-refractivity contribution < 1.29 is 18.7 Å². The summed E-state index contributed by atoms with van der Waals surface area (Å²) in [6.07, 6.45) is 0.644. The van der Waals surface area contributed by atoms with E-state index in [0.717, 1.165) is 28.1 Å². The number of furan rings is 1. The average molecular weight is 406 g/mol. The second-order valence-electron chi connectivity index (χ2n) is 7.29. The first-order valence-corrected chi connectivity index (χ1v) is 9.80. The third-order valence-corrected chi connectivity index (χ3v) is 4.76. The molecule has 0 fully saturated rings. The summed E-state index contributed by atoms with van der Waals surface area (Å²) in [6.45, 7) is 7.87. The van der Waals surface area contributed by atoms with Gasteiger partial charge in [0.05, 0.1) is 18.4 Å². The molecule has 0 radical (unpaired) electrons. The maximum atomic E-state index is 12.7. The molecule has 0 aliphatic rings. The van der Waals surface area contributed by atoms with E-state index < -0.39 is 12.1 Å². The third kappa shape index (κ3) is 5.08. The zero-order valence-corrected chi connectivity index (χ0v) is 17.6. The summed E-state index contributed by atoms with van der Waals surface area (Å²) in [5, 5.41) is 6.04. The highest BCUT2D eigenvalue weighted by atomic mass is 16.5. The highest BCUT2D eigenvalue weighted by molar-refractivity contribution is 6.00. The minimum Gasteiger partial charge on any atom is -0.467 e. The van der Waals surface area contributed by atoms with Gasteiger partial charge in [-0.3, -0.25) is 4.79 Å². The Hall–Kier alpha value is -3.54. The molecule has 0 aliphatic heterocycles. The molecule has 0 saturated heterocycles. The number of amides is 1. The fraction of sp³-hybridized carbons (Fsp3) is 0.250. The van der Waals surface area contributed by atoms with Gasteiger partial charge in [-0.15, -0.1) is 0 Å². The second-order valence-corrected chi connectivity index (χ2v) is 7.29. The summed E-state index contributed by atoms with van der Waals surface area (Å²) in [5.41, 5.74) is 4.76. The fourth-order valence-electron chi connectivity index (χ4n) is 3.29. The molecule has 0 spiro atoms. The summed E-state index contributed by atoms with van der Waals surface area (Å²) >= 11 is 0. The van der Waals surface area contributed by atoms with Crippen molar-refractivity contribution in [2.45, 2.75) is 40.3 Å². The average Bonchev–Trinajstić information content (AvgIpc) is 3.22. The Bertz CT molecular complexity index is 1020. The summed E-state index contributed by atoms with van der Waals surface area (Å²) in [6, 6.07) is 14.7. The van der Waals surface area contributed by atoms with Gasteiger partial charge in [0, 0.05) is 11.4 Å². The van der Waals surface area contributed by atoms with Crippen LogP contribution in [0.4, 0.5) is 11.4 Å². The van der Waals surface area contributed by atoms with Crippen LogP contribution in [0, 0.1) is 20.8 Å². The van der Waals surface area contributed by atoms with Gasteiger partial charge in [-0.05, 0) is 63.1 Å². The summed E-state index contributed by atoms with van der Waals surface area (Å²) in [5.74, 6) is -0.202. The van der Waals surface area contributed by atoms with Gasteiger partial charge in [0.1, 0.15) is 5.76 Å². The number of nitrogens with one attached hydrogen (secondary N) is 2. The monoisotopic (exact) mass is 406 g/mol. The molecule has 1 amide bonds. The van der Waals surface area contributed by atoms with Crippen LogP contribution in [0.15, 0.2) is 59.2 Å². The number of ether oxygens (including phenoxy) is 1. The molecule has 2 aromatic carbocycles. The number of anilines is 2. The van der Waals surface area contributed by atoms with E-state index in [-0.39, 0.29) is 5.91 Å². The SMILES string of the molecule is Cc1cc(C)c(NC(=O)[C@@H](C)OC(=O)c2ccccc2NCc2ccco2)c(C)c1. The van der Waals surface area contributed by atoms with Gasteiger partial charge in [-0.1, -0.05) is 29.8 Å². The van der Waals surface area contributed by atoms with Crippen LogP contribution in [-0.2, 0) is 16.1 Å². The van der Waals surface area contributed by atoms with Gasteiger partial charge >= 0.3 is 5.97 Å². The number of hydrogen-bond acceptors (Lipinski definition) is 5. The van der Waals surface area contributed by atoms with Crippen molar-refractivity contribution in [2.75, 3.05) is 10.6 Å². The predicted molar refractivity (Wildman–Crippen MR) is 117 cm³/mol. The predicted octanol–water partition coefficient (Wildman–Crippen LogP) is 5.00. The first-order chi connectivity index (χ1) is 14.3. The third-order valence-electron chi connectivity index (χ3n) is 4.76. The molecule has 1 heterocycles. The topological polar surface area (TPSA) is 80.6 Å². The van der Waals surface area contributed by atoms with E-state index in [1.165, 1.54) is 0 Å². The number of carbonyl (C=O) groups is 2. The lowest BCUT2D eigenvalue weighted by Gasteiger charge is -2.18. The number of para-hydroxylation sites is 1. The quantitative estimate of drug-likeness (QED) is 0.540. The Morgan fingerprint density at radius 1 is 1.03 bits per heavy atom. The molecule has 1 aromatic heterocycles. The lowest BCUT2D eigenvalue weighted by molar-refractivity contribution is -0.123. The molecular formula is C24H26N2O4. The molecule has 2 N–H and O–H groups in total. The Kier molecular flexibility index (Phi) is 6.57. The van der Waals surface area contributed by atoms with Gasteiger partial charge in [0.2, 0.25) is 0 Å². The van der Waals surface area contributed by atoms with Crippen molar-refractivity contribution in [1.29, 1.82) is 0 Å². The molecular weight excluding hydrogens is 380 g/mol. The minimum absolute atomic E-state index is 0.353. The van der Waals surface area contributed by atoms with Crippen LogP contribution in [0.1, 0.15) is 39.7 Å². The summed E-state index contributed by atoms with van der Waals surface area (Å²) in [7, 11) is 0. The molecule has 0 saturated carbocycles. The van der Waals surface area contributed by atoms with E-state index in [4.69, 9.17) is 9.15 Å². The minimum atomic E-state index is -0.948. The zero-order valence-electron chi connectivity index (χ0n) is 17.6. The van der Waals surface area contributed by atoms with Crippen LogP contribution in [0.25, 0.3) is 0 Å². The molecule has 6 nitrogen and oxygen atoms in total. The first-order valence-electron chi connectivity index (χ1n) is 9.80. The van der Waals surface area contributed by atoms with Crippen molar-refractivity contribution in [1.82, 2.24) is 0 Å². The number of benzene rings is 2. The van der Waals surface area contributed by atoms with Crippen molar-refractivity contribution in [2.24, 2.45) is 0 Å². The molecule has 30 heavy (non-hydrogen) atoms. The van der Waals surface area contributed by atoms with Crippen molar-refractivity contribution in [3.63, 3.8) is 0 Å². The van der Waals surface area contributed by atoms with Gasteiger partial charge < -0.3 is 19.8 Å². The standard InChI is InChI=1S/C24H26N2O4/c1-15-12-16(2)22(17(3)13-15)26-23(27)18(4)30-24(28)20-9-5-6-10-21(20)25-14-19-8-7-11-29-19/h5-13,18,25H,14H2,1-4H3,(H,26,27)/t18-/m1/s1. The number of aryl methyl sites for hydroxylation is 3. The molecule has 156 valence electrons. The second kappa shape index (κ2) is 9.31. The molecule has 6 heteroatoms. The molecule has 0 unspecified atom stereocenters. The van der Waals surface area contributed by atoms with Crippen LogP contribution in [0.5, 0.6) is 0 Å². The van der Waals surface area contributed by atoms with Crippen LogP contribution in [0.3, 0.4) is 0 Å².